The van der Waals surface area contributed by atoms with Crippen LogP contribution in [0, 0.1) is 5.92 Å². The number of ether oxygens (including phenoxy) is 2. The van der Waals surface area contributed by atoms with Gasteiger partial charge in [-0.3, -0.25) is 4.79 Å². The second-order valence-electron chi connectivity index (χ2n) is 5.41. The molecule has 0 saturated heterocycles. The first-order chi connectivity index (χ1) is 8.19. The molecule has 0 fully saturated rings. The zero-order valence-corrected chi connectivity index (χ0v) is 12.4. The third-order valence-corrected chi connectivity index (χ3v) is 2.96. The molecule has 0 aliphatic heterocycles. The van der Waals surface area contributed by atoms with Crippen molar-refractivity contribution in [3.05, 3.63) is 0 Å². The van der Waals surface area contributed by atoms with Crippen LogP contribution in [0.1, 0.15) is 60.8 Å². The minimum absolute atomic E-state index is 0.152. The topological polar surface area (TPSA) is 52.6 Å². The lowest BCUT2D eigenvalue weighted by atomic mass is 10.0. The maximum absolute atomic E-state index is 11.8. The van der Waals surface area contributed by atoms with Crippen LogP contribution in [0.4, 0.5) is 0 Å². The largest absolute Gasteiger partial charge is 0.460 e. The fourth-order valence-corrected chi connectivity index (χ4v) is 1.51. The van der Waals surface area contributed by atoms with Crippen LogP contribution in [0.15, 0.2) is 0 Å². The van der Waals surface area contributed by atoms with Gasteiger partial charge in [-0.05, 0) is 39.5 Å². The molecule has 0 saturated carbocycles. The molecular weight excluding hydrogens is 232 g/mol. The number of rotatable bonds is 7. The average molecular weight is 258 g/mol. The van der Waals surface area contributed by atoms with E-state index in [0.29, 0.717) is 5.92 Å². The Morgan fingerprint density at radius 2 is 1.72 bits per heavy atom. The van der Waals surface area contributed by atoms with Crippen LogP contribution in [0.25, 0.3) is 0 Å². The Morgan fingerprint density at radius 1 is 1.17 bits per heavy atom. The molecule has 2 atom stereocenters. The van der Waals surface area contributed by atoms with E-state index in [1.165, 1.54) is 20.8 Å². The molecule has 0 N–H and O–H groups in total. The Balaban J connectivity index is 4.17. The molecule has 0 amide bonds. The van der Waals surface area contributed by atoms with E-state index in [9.17, 15) is 9.59 Å². The van der Waals surface area contributed by atoms with E-state index in [4.69, 9.17) is 9.47 Å². The van der Waals surface area contributed by atoms with Gasteiger partial charge in [0.25, 0.3) is 0 Å². The summed E-state index contributed by atoms with van der Waals surface area (Å²) in [4.78, 5) is 22.7. The predicted octanol–water partition coefficient (Wildman–Crippen LogP) is 3.09. The predicted molar refractivity (Wildman–Crippen MR) is 70.1 cm³/mol. The van der Waals surface area contributed by atoms with Gasteiger partial charge in [-0.25, -0.2) is 4.79 Å². The van der Waals surface area contributed by atoms with Gasteiger partial charge in [0, 0.05) is 6.92 Å². The van der Waals surface area contributed by atoms with Crippen LogP contribution in [-0.4, -0.2) is 23.6 Å². The van der Waals surface area contributed by atoms with Gasteiger partial charge >= 0.3 is 11.9 Å². The van der Waals surface area contributed by atoms with Crippen molar-refractivity contribution in [3.63, 3.8) is 0 Å². The number of hydrogen-bond acceptors (Lipinski definition) is 4. The second kappa shape index (κ2) is 7.39. The normalized spacial score (nSPS) is 14.8. The second-order valence-corrected chi connectivity index (χ2v) is 5.41. The summed E-state index contributed by atoms with van der Waals surface area (Å²) in [7, 11) is 0. The van der Waals surface area contributed by atoms with Gasteiger partial charge in [0.05, 0.1) is 6.10 Å². The third-order valence-electron chi connectivity index (χ3n) is 2.96. The molecule has 0 aromatic rings. The number of hydrogen-bond donors (Lipinski definition) is 0. The van der Waals surface area contributed by atoms with Crippen molar-refractivity contribution in [1.29, 1.82) is 0 Å². The Kier molecular flexibility index (Phi) is 6.96. The Hall–Kier alpha value is -1.06. The molecule has 0 aromatic carbocycles. The molecule has 0 bridgehead atoms. The van der Waals surface area contributed by atoms with E-state index in [0.717, 1.165) is 19.3 Å². The first kappa shape index (κ1) is 16.9. The smallest absolute Gasteiger partial charge is 0.350 e. The summed E-state index contributed by atoms with van der Waals surface area (Å²) in [5.41, 5.74) is -1.21. The van der Waals surface area contributed by atoms with E-state index in [-0.39, 0.29) is 6.10 Å². The van der Waals surface area contributed by atoms with Gasteiger partial charge < -0.3 is 9.47 Å². The molecule has 18 heavy (non-hydrogen) atoms. The molecular formula is C14H26O4. The van der Waals surface area contributed by atoms with E-state index >= 15 is 0 Å². The molecule has 0 radical (unpaired) electrons. The van der Waals surface area contributed by atoms with Gasteiger partial charge in [-0.1, -0.05) is 20.3 Å². The highest BCUT2D eigenvalue weighted by molar-refractivity contribution is 5.82. The van der Waals surface area contributed by atoms with Crippen molar-refractivity contribution in [1.82, 2.24) is 0 Å². The van der Waals surface area contributed by atoms with Crippen molar-refractivity contribution >= 4 is 11.9 Å². The summed E-state index contributed by atoms with van der Waals surface area (Å²) in [5, 5.41) is 0. The molecule has 0 aliphatic carbocycles. The lowest BCUT2D eigenvalue weighted by molar-refractivity contribution is -0.180. The van der Waals surface area contributed by atoms with Crippen LogP contribution in [-0.2, 0) is 19.1 Å². The molecule has 106 valence electrons. The molecule has 2 unspecified atom stereocenters. The Bertz CT molecular complexity index is 284. The Morgan fingerprint density at radius 3 is 2.17 bits per heavy atom. The maximum atomic E-state index is 11.8. The lowest BCUT2D eigenvalue weighted by Gasteiger charge is -2.25. The number of carbonyl (C=O) groups excluding carboxylic acids is 2. The van der Waals surface area contributed by atoms with Gasteiger partial charge in [0.2, 0.25) is 5.60 Å². The fourth-order valence-electron chi connectivity index (χ4n) is 1.51. The van der Waals surface area contributed by atoms with Crippen LogP contribution in [0.2, 0.25) is 0 Å². The summed E-state index contributed by atoms with van der Waals surface area (Å²) < 4.78 is 10.2. The standard InChI is InChI=1S/C14H26O4/c1-7-10(2)8-9-11(3)17-13(16)14(5,6)18-12(4)15/h10-11H,7-9H2,1-6H3. The SMILES string of the molecule is CCC(C)CCC(C)OC(=O)C(C)(C)OC(C)=O. The van der Waals surface area contributed by atoms with Gasteiger partial charge in [0.15, 0.2) is 0 Å². The van der Waals surface area contributed by atoms with Crippen molar-refractivity contribution in [3.8, 4) is 0 Å². The maximum Gasteiger partial charge on any atom is 0.350 e. The molecule has 4 nitrogen and oxygen atoms in total. The molecule has 0 aliphatic rings. The first-order valence-corrected chi connectivity index (χ1v) is 6.59. The average Bonchev–Trinajstić information content (AvgIpc) is 2.23. The number of carbonyl (C=O) groups is 2. The molecule has 4 heteroatoms. The first-order valence-electron chi connectivity index (χ1n) is 6.59. The third kappa shape index (κ3) is 6.62. The van der Waals surface area contributed by atoms with Crippen LogP contribution in [0.3, 0.4) is 0 Å². The molecule has 0 heterocycles. The van der Waals surface area contributed by atoms with E-state index in [1.807, 2.05) is 6.92 Å². The summed E-state index contributed by atoms with van der Waals surface area (Å²) in [6, 6.07) is 0. The highest BCUT2D eigenvalue weighted by Crippen LogP contribution is 2.17. The van der Waals surface area contributed by atoms with Crippen molar-refractivity contribution in [2.24, 2.45) is 5.92 Å². The minimum atomic E-state index is -1.21. The van der Waals surface area contributed by atoms with Crippen molar-refractivity contribution in [2.45, 2.75) is 72.5 Å². The van der Waals surface area contributed by atoms with E-state index < -0.39 is 17.5 Å². The molecule has 0 rings (SSSR count). The van der Waals surface area contributed by atoms with Crippen molar-refractivity contribution < 1.29 is 19.1 Å². The summed E-state index contributed by atoms with van der Waals surface area (Å²) in [6.45, 7) is 10.5. The summed E-state index contributed by atoms with van der Waals surface area (Å²) in [6.07, 6.45) is 2.83. The number of esters is 2. The highest BCUT2D eigenvalue weighted by Gasteiger charge is 2.33. The van der Waals surface area contributed by atoms with Crippen LogP contribution in [0.5, 0.6) is 0 Å². The monoisotopic (exact) mass is 258 g/mol. The van der Waals surface area contributed by atoms with E-state index in [2.05, 4.69) is 13.8 Å². The van der Waals surface area contributed by atoms with Crippen molar-refractivity contribution in [2.75, 3.05) is 0 Å². The Labute approximate surface area is 110 Å². The summed E-state index contributed by atoms with van der Waals surface area (Å²) in [5.74, 6) is -0.341. The quantitative estimate of drug-likeness (QED) is 0.658. The minimum Gasteiger partial charge on any atom is -0.460 e. The van der Waals surface area contributed by atoms with E-state index in [1.54, 1.807) is 0 Å². The summed E-state index contributed by atoms with van der Waals surface area (Å²) >= 11 is 0. The molecule has 0 aromatic heterocycles. The van der Waals surface area contributed by atoms with Gasteiger partial charge in [-0.15, -0.1) is 0 Å². The van der Waals surface area contributed by atoms with Crippen LogP contribution >= 0.6 is 0 Å². The van der Waals surface area contributed by atoms with Crippen LogP contribution < -0.4 is 0 Å². The van der Waals surface area contributed by atoms with Gasteiger partial charge in [-0.2, -0.15) is 0 Å². The highest BCUT2D eigenvalue weighted by atomic mass is 16.6. The molecule has 0 spiro atoms. The zero-order valence-electron chi connectivity index (χ0n) is 12.4. The van der Waals surface area contributed by atoms with Gasteiger partial charge in [0.1, 0.15) is 0 Å². The zero-order chi connectivity index (χ0) is 14.3. The fraction of sp³-hybridized carbons (Fsp3) is 0.857. The lowest BCUT2D eigenvalue weighted by Crippen LogP contribution is -2.39.